The van der Waals surface area contributed by atoms with E-state index in [9.17, 15) is 9.59 Å². The Morgan fingerprint density at radius 2 is 1.72 bits per heavy atom. The van der Waals surface area contributed by atoms with Gasteiger partial charge in [0.25, 0.3) is 0 Å². The van der Waals surface area contributed by atoms with Crippen molar-refractivity contribution in [3.63, 3.8) is 0 Å². The number of carbonyl (C=O) groups is 2. The molecule has 18 heavy (non-hydrogen) atoms. The molecule has 1 saturated carbocycles. The second kappa shape index (κ2) is 8.78. The molecule has 0 radical (unpaired) electrons. The number of carbonyl (C=O) groups excluding carboxylic acids is 2. The smallest absolute Gasteiger partial charge is 0.312 e. The standard InChI is InChI=1S/C13H25N3O2/c14-13(18)15-10-6-5-9-12(17)16-11-7-3-1-2-4-8-11/h11H,1-10H2,(H,16,17)(H3,14,15,18). The largest absolute Gasteiger partial charge is 0.353 e. The number of nitrogens with one attached hydrogen (secondary N) is 2. The van der Waals surface area contributed by atoms with Gasteiger partial charge in [-0.3, -0.25) is 4.79 Å². The highest BCUT2D eigenvalue weighted by Crippen LogP contribution is 2.17. The third-order valence-corrected chi connectivity index (χ3v) is 3.35. The van der Waals surface area contributed by atoms with E-state index in [4.69, 9.17) is 5.73 Å². The van der Waals surface area contributed by atoms with Gasteiger partial charge < -0.3 is 16.4 Å². The van der Waals surface area contributed by atoms with Gasteiger partial charge in [0.05, 0.1) is 0 Å². The SMILES string of the molecule is NC(=O)NCCCCC(=O)NC1CCCCCC1. The summed E-state index contributed by atoms with van der Waals surface area (Å²) in [7, 11) is 0. The molecule has 1 aliphatic rings. The molecule has 0 aromatic carbocycles. The van der Waals surface area contributed by atoms with E-state index >= 15 is 0 Å². The first-order valence-corrected chi connectivity index (χ1v) is 7.01. The highest BCUT2D eigenvalue weighted by molar-refractivity contribution is 5.76. The van der Waals surface area contributed by atoms with Crippen molar-refractivity contribution < 1.29 is 9.59 Å². The lowest BCUT2D eigenvalue weighted by atomic mass is 10.1. The van der Waals surface area contributed by atoms with E-state index in [1.54, 1.807) is 0 Å². The van der Waals surface area contributed by atoms with Crippen molar-refractivity contribution in [1.29, 1.82) is 0 Å². The van der Waals surface area contributed by atoms with Crippen LogP contribution in [0.1, 0.15) is 57.8 Å². The molecule has 1 fully saturated rings. The monoisotopic (exact) mass is 255 g/mol. The van der Waals surface area contributed by atoms with E-state index in [1.165, 1.54) is 25.7 Å². The van der Waals surface area contributed by atoms with Crippen LogP contribution in [0.25, 0.3) is 0 Å². The number of amides is 3. The van der Waals surface area contributed by atoms with Gasteiger partial charge in [-0.1, -0.05) is 25.7 Å². The molecule has 3 amide bonds. The van der Waals surface area contributed by atoms with Crippen molar-refractivity contribution in [3.05, 3.63) is 0 Å². The molecule has 1 rings (SSSR count). The lowest BCUT2D eigenvalue weighted by Crippen LogP contribution is -2.34. The lowest BCUT2D eigenvalue weighted by molar-refractivity contribution is -0.122. The van der Waals surface area contributed by atoms with Crippen LogP contribution < -0.4 is 16.4 Å². The van der Waals surface area contributed by atoms with E-state index in [-0.39, 0.29) is 5.91 Å². The summed E-state index contributed by atoms with van der Waals surface area (Å²) in [4.78, 5) is 22.1. The van der Waals surface area contributed by atoms with Crippen molar-refractivity contribution in [2.45, 2.75) is 63.8 Å². The molecule has 0 aromatic heterocycles. The molecular formula is C13H25N3O2. The zero-order valence-corrected chi connectivity index (χ0v) is 11.0. The molecule has 1 aliphatic carbocycles. The number of unbranched alkanes of at least 4 members (excludes halogenated alkanes) is 1. The van der Waals surface area contributed by atoms with Crippen LogP contribution in [0, 0.1) is 0 Å². The second-order valence-electron chi connectivity index (χ2n) is 5.00. The molecular weight excluding hydrogens is 230 g/mol. The zero-order chi connectivity index (χ0) is 13.2. The summed E-state index contributed by atoms with van der Waals surface area (Å²) < 4.78 is 0. The van der Waals surface area contributed by atoms with Crippen molar-refractivity contribution in [3.8, 4) is 0 Å². The van der Waals surface area contributed by atoms with E-state index in [0.717, 1.165) is 25.7 Å². The van der Waals surface area contributed by atoms with Crippen LogP contribution in [-0.4, -0.2) is 24.5 Å². The third-order valence-electron chi connectivity index (χ3n) is 3.35. The first kappa shape index (κ1) is 14.8. The number of hydrogen-bond donors (Lipinski definition) is 3. The van der Waals surface area contributed by atoms with Crippen LogP contribution in [0.3, 0.4) is 0 Å². The molecule has 0 atom stereocenters. The predicted octanol–water partition coefficient (Wildman–Crippen LogP) is 1.66. The van der Waals surface area contributed by atoms with Gasteiger partial charge in [-0.05, 0) is 25.7 Å². The number of urea groups is 1. The Balaban J connectivity index is 2.03. The molecule has 0 spiro atoms. The Bertz CT molecular complexity index is 261. The van der Waals surface area contributed by atoms with Gasteiger partial charge in [-0.25, -0.2) is 4.79 Å². The average molecular weight is 255 g/mol. The summed E-state index contributed by atoms with van der Waals surface area (Å²) in [5.74, 6) is 0.140. The van der Waals surface area contributed by atoms with Gasteiger partial charge >= 0.3 is 6.03 Å². The summed E-state index contributed by atoms with van der Waals surface area (Å²) in [5.41, 5.74) is 4.94. The molecule has 0 heterocycles. The highest BCUT2D eigenvalue weighted by Gasteiger charge is 2.14. The molecule has 5 heteroatoms. The van der Waals surface area contributed by atoms with Crippen molar-refractivity contribution >= 4 is 11.9 Å². The normalized spacial score (nSPS) is 16.9. The minimum atomic E-state index is -0.502. The maximum atomic E-state index is 11.7. The Morgan fingerprint density at radius 3 is 2.33 bits per heavy atom. The highest BCUT2D eigenvalue weighted by atomic mass is 16.2. The fourth-order valence-corrected chi connectivity index (χ4v) is 2.35. The maximum Gasteiger partial charge on any atom is 0.312 e. The Kier molecular flexibility index (Phi) is 7.22. The Morgan fingerprint density at radius 1 is 1.06 bits per heavy atom. The van der Waals surface area contributed by atoms with E-state index < -0.39 is 6.03 Å². The number of primary amides is 1. The van der Waals surface area contributed by atoms with Crippen LogP contribution in [0.2, 0.25) is 0 Å². The third kappa shape index (κ3) is 7.14. The molecule has 104 valence electrons. The minimum Gasteiger partial charge on any atom is -0.353 e. The average Bonchev–Trinajstić information content (AvgIpc) is 2.56. The fraction of sp³-hybridized carbons (Fsp3) is 0.846. The second-order valence-corrected chi connectivity index (χ2v) is 5.00. The van der Waals surface area contributed by atoms with Crippen molar-refractivity contribution in [1.82, 2.24) is 10.6 Å². The first-order chi connectivity index (χ1) is 8.68. The summed E-state index contributed by atoms with van der Waals surface area (Å²) in [6.07, 6.45) is 9.41. The Labute approximate surface area is 109 Å². The first-order valence-electron chi connectivity index (χ1n) is 7.01. The van der Waals surface area contributed by atoms with Crippen LogP contribution in [-0.2, 0) is 4.79 Å². The summed E-state index contributed by atoms with van der Waals surface area (Å²) in [6, 6.07) is -0.123. The molecule has 0 unspecified atom stereocenters. The molecule has 0 bridgehead atoms. The van der Waals surface area contributed by atoms with Crippen LogP contribution >= 0.6 is 0 Å². The van der Waals surface area contributed by atoms with Crippen LogP contribution in [0.4, 0.5) is 4.79 Å². The van der Waals surface area contributed by atoms with Crippen LogP contribution in [0.5, 0.6) is 0 Å². The summed E-state index contributed by atoms with van der Waals surface area (Å²) >= 11 is 0. The molecule has 0 aliphatic heterocycles. The van der Waals surface area contributed by atoms with Crippen molar-refractivity contribution in [2.24, 2.45) is 5.73 Å². The topological polar surface area (TPSA) is 84.2 Å². The van der Waals surface area contributed by atoms with Crippen LogP contribution in [0.15, 0.2) is 0 Å². The van der Waals surface area contributed by atoms with Gasteiger partial charge in [0.15, 0.2) is 0 Å². The fourth-order valence-electron chi connectivity index (χ4n) is 2.35. The number of nitrogens with two attached hydrogens (primary N) is 1. The summed E-state index contributed by atoms with van der Waals surface area (Å²) in [6.45, 7) is 0.548. The van der Waals surface area contributed by atoms with Gasteiger partial charge in [-0.2, -0.15) is 0 Å². The van der Waals surface area contributed by atoms with E-state index in [1.807, 2.05) is 0 Å². The quantitative estimate of drug-likeness (QED) is 0.498. The molecule has 5 nitrogen and oxygen atoms in total. The number of rotatable bonds is 6. The lowest BCUT2D eigenvalue weighted by Gasteiger charge is -2.16. The van der Waals surface area contributed by atoms with Gasteiger partial charge in [-0.15, -0.1) is 0 Å². The molecule has 0 saturated heterocycles. The van der Waals surface area contributed by atoms with E-state index in [2.05, 4.69) is 10.6 Å². The van der Waals surface area contributed by atoms with Crippen molar-refractivity contribution in [2.75, 3.05) is 6.54 Å². The van der Waals surface area contributed by atoms with Gasteiger partial charge in [0, 0.05) is 19.0 Å². The predicted molar refractivity (Wildman–Crippen MR) is 71.1 cm³/mol. The Hall–Kier alpha value is -1.26. The van der Waals surface area contributed by atoms with E-state index in [0.29, 0.717) is 19.0 Å². The zero-order valence-electron chi connectivity index (χ0n) is 11.0. The molecule has 4 N–H and O–H groups in total. The van der Waals surface area contributed by atoms with Gasteiger partial charge in [0.1, 0.15) is 0 Å². The van der Waals surface area contributed by atoms with Gasteiger partial charge in [0.2, 0.25) is 5.91 Å². The minimum absolute atomic E-state index is 0.140. The maximum absolute atomic E-state index is 11.7. The molecule has 0 aromatic rings. The number of hydrogen-bond acceptors (Lipinski definition) is 2. The summed E-state index contributed by atoms with van der Waals surface area (Å²) in [5, 5.41) is 5.62.